The summed E-state index contributed by atoms with van der Waals surface area (Å²) in [5.74, 6) is 0.451. The first-order valence-electron chi connectivity index (χ1n) is 14.6. The van der Waals surface area contributed by atoms with Gasteiger partial charge >= 0.3 is 0 Å². The number of hydrogen-bond acceptors (Lipinski definition) is 7. The molecule has 0 saturated carbocycles. The van der Waals surface area contributed by atoms with Crippen LogP contribution in [-0.4, -0.2) is 65.6 Å². The van der Waals surface area contributed by atoms with Gasteiger partial charge in [0.25, 0.3) is 10.0 Å². The van der Waals surface area contributed by atoms with Crippen LogP contribution in [0, 0.1) is 6.92 Å². The predicted molar refractivity (Wildman–Crippen MR) is 171 cm³/mol. The lowest BCUT2D eigenvalue weighted by Crippen LogP contribution is -2.52. The van der Waals surface area contributed by atoms with Crippen LogP contribution in [0.3, 0.4) is 0 Å². The normalized spacial score (nSPS) is 11.8. The zero-order chi connectivity index (χ0) is 32.3. The third kappa shape index (κ3) is 8.43. The van der Waals surface area contributed by atoms with Crippen LogP contribution in [0.25, 0.3) is 0 Å². The highest BCUT2D eigenvalue weighted by Crippen LogP contribution is 2.32. The lowest BCUT2D eigenvalue weighted by molar-refractivity contribution is -0.140. The van der Waals surface area contributed by atoms with Gasteiger partial charge in [-0.3, -0.25) is 13.9 Å². The number of anilines is 1. The Bertz CT molecular complexity index is 1490. The number of rotatable bonds is 16. The van der Waals surface area contributed by atoms with Crippen molar-refractivity contribution in [3.63, 3.8) is 0 Å². The highest BCUT2D eigenvalue weighted by Gasteiger charge is 2.34. The quantitative estimate of drug-likeness (QED) is 0.224. The number of ether oxygens (including phenoxy) is 3. The second-order valence-corrected chi connectivity index (χ2v) is 12.2. The number of nitrogens with zero attached hydrogens (tertiary/aromatic N) is 2. The first-order valence-corrected chi connectivity index (χ1v) is 16.0. The molecule has 3 aromatic carbocycles. The number of carbonyl (C=O) groups excluding carboxylic acids is 2. The second kappa shape index (κ2) is 16.0. The standard InChI is InChI=1S/C33H43N3O7S/c1-7-9-20-34-33(38)29(8-2)35(22-25-12-16-27(41-4)17-13-25)32(37)23-36(26-14-10-24(3)11-15-26)44(39,40)28-18-19-30(42-5)31(21-28)43-6/h10-19,21,29H,7-9,20,22-23H2,1-6H3,(H,34,38)/t29-/m0/s1. The molecule has 0 aliphatic rings. The summed E-state index contributed by atoms with van der Waals surface area (Å²) in [5.41, 5.74) is 2.01. The van der Waals surface area contributed by atoms with Crippen LogP contribution in [0.2, 0.25) is 0 Å². The number of nitrogens with one attached hydrogen (secondary N) is 1. The fourth-order valence-corrected chi connectivity index (χ4v) is 6.13. The minimum atomic E-state index is -4.27. The Morgan fingerprint density at radius 3 is 2.09 bits per heavy atom. The third-order valence-corrected chi connectivity index (χ3v) is 9.04. The van der Waals surface area contributed by atoms with Gasteiger partial charge in [-0.2, -0.15) is 0 Å². The van der Waals surface area contributed by atoms with Gasteiger partial charge in [0.15, 0.2) is 11.5 Å². The van der Waals surface area contributed by atoms with E-state index in [0.29, 0.717) is 30.2 Å². The number of aryl methyl sites for hydroxylation is 1. The van der Waals surface area contributed by atoms with E-state index in [2.05, 4.69) is 5.32 Å². The molecule has 10 nitrogen and oxygen atoms in total. The average molecular weight is 626 g/mol. The summed E-state index contributed by atoms with van der Waals surface area (Å²) < 4.78 is 45.3. The Morgan fingerprint density at radius 2 is 1.52 bits per heavy atom. The van der Waals surface area contributed by atoms with Crippen molar-refractivity contribution in [3.8, 4) is 17.2 Å². The molecule has 1 atom stereocenters. The van der Waals surface area contributed by atoms with Gasteiger partial charge in [0, 0.05) is 19.2 Å². The van der Waals surface area contributed by atoms with Crippen molar-refractivity contribution >= 4 is 27.5 Å². The number of sulfonamides is 1. The predicted octanol–water partition coefficient (Wildman–Crippen LogP) is 4.94. The Balaban J connectivity index is 2.07. The fourth-order valence-electron chi connectivity index (χ4n) is 4.70. The Morgan fingerprint density at radius 1 is 0.864 bits per heavy atom. The number of amides is 2. The number of unbranched alkanes of at least 4 members (excludes halogenated alkanes) is 1. The van der Waals surface area contributed by atoms with Gasteiger partial charge in [-0.15, -0.1) is 0 Å². The molecular weight excluding hydrogens is 582 g/mol. The fraction of sp³-hybridized carbons (Fsp3) is 0.394. The molecule has 0 bridgehead atoms. The molecule has 11 heteroatoms. The molecule has 3 rings (SSSR count). The molecule has 238 valence electrons. The zero-order valence-corrected chi connectivity index (χ0v) is 27.1. The van der Waals surface area contributed by atoms with Gasteiger partial charge in [0.1, 0.15) is 18.3 Å². The Kier molecular flexibility index (Phi) is 12.5. The van der Waals surface area contributed by atoms with Crippen LogP contribution in [-0.2, 0) is 26.2 Å². The van der Waals surface area contributed by atoms with Gasteiger partial charge in [0.05, 0.1) is 31.9 Å². The van der Waals surface area contributed by atoms with Gasteiger partial charge in [-0.25, -0.2) is 8.42 Å². The van der Waals surface area contributed by atoms with Crippen molar-refractivity contribution in [3.05, 3.63) is 77.9 Å². The lowest BCUT2D eigenvalue weighted by atomic mass is 10.1. The van der Waals surface area contributed by atoms with E-state index in [4.69, 9.17) is 14.2 Å². The van der Waals surface area contributed by atoms with Crippen LogP contribution >= 0.6 is 0 Å². The van der Waals surface area contributed by atoms with E-state index >= 15 is 0 Å². The molecule has 44 heavy (non-hydrogen) atoms. The molecule has 3 aromatic rings. The summed E-state index contributed by atoms with van der Waals surface area (Å²) in [7, 11) is 0.176. The van der Waals surface area contributed by atoms with E-state index in [1.165, 1.54) is 37.3 Å². The zero-order valence-electron chi connectivity index (χ0n) is 26.3. The van der Waals surface area contributed by atoms with E-state index in [0.717, 1.165) is 28.3 Å². The van der Waals surface area contributed by atoms with Crippen molar-refractivity contribution in [2.75, 3.05) is 38.7 Å². The van der Waals surface area contributed by atoms with Gasteiger partial charge in [-0.1, -0.05) is 50.1 Å². The van der Waals surface area contributed by atoms with E-state index in [1.54, 1.807) is 43.5 Å². The van der Waals surface area contributed by atoms with Crippen LogP contribution in [0.4, 0.5) is 5.69 Å². The maximum atomic E-state index is 14.2. The van der Waals surface area contributed by atoms with Crippen molar-refractivity contribution in [2.45, 2.75) is 57.5 Å². The smallest absolute Gasteiger partial charge is 0.264 e. The van der Waals surface area contributed by atoms with Gasteiger partial charge < -0.3 is 24.4 Å². The summed E-state index contributed by atoms with van der Waals surface area (Å²) in [6.07, 6.45) is 2.05. The van der Waals surface area contributed by atoms with E-state index in [1.807, 2.05) is 32.9 Å². The summed E-state index contributed by atoms with van der Waals surface area (Å²) in [4.78, 5) is 29.0. The average Bonchev–Trinajstić information content (AvgIpc) is 3.03. The monoisotopic (exact) mass is 625 g/mol. The summed E-state index contributed by atoms with van der Waals surface area (Å²) in [6, 6.07) is 17.5. The van der Waals surface area contributed by atoms with E-state index < -0.39 is 28.5 Å². The molecular formula is C33H43N3O7S. The molecule has 1 N–H and O–H groups in total. The number of hydrogen-bond donors (Lipinski definition) is 1. The molecule has 0 spiro atoms. The van der Waals surface area contributed by atoms with E-state index in [-0.39, 0.29) is 23.1 Å². The van der Waals surface area contributed by atoms with Crippen LogP contribution in [0.1, 0.15) is 44.2 Å². The van der Waals surface area contributed by atoms with Crippen molar-refractivity contribution in [2.24, 2.45) is 0 Å². The van der Waals surface area contributed by atoms with Crippen LogP contribution < -0.4 is 23.8 Å². The highest BCUT2D eigenvalue weighted by molar-refractivity contribution is 7.92. The lowest BCUT2D eigenvalue weighted by Gasteiger charge is -2.33. The first-order chi connectivity index (χ1) is 21.1. The Labute approximate surface area is 261 Å². The molecule has 0 heterocycles. The third-order valence-electron chi connectivity index (χ3n) is 7.27. The molecule has 0 radical (unpaired) electrons. The van der Waals surface area contributed by atoms with Gasteiger partial charge in [0.2, 0.25) is 11.8 Å². The molecule has 2 amide bonds. The summed E-state index contributed by atoms with van der Waals surface area (Å²) >= 11 is 0. The minimum Gasteiger partial charge on any atom is -0.497 e. The molecule has 0 aliphatic heterocycles. The van der Waals surface area contributed by atoms with Crippen LogP contribution in [0.5, 0.6) is 17.2 Å². The van der Waals surface area contributed by atoms with Crippen molar-refractivity contribution < 1.29 is 32.2 Å². The largest absolute Gasteiger partial charge is 0.497 e. The maximum absolute atomic E-state index is 14.2. The van der Waals surface area contributed by atoms with E-state index in [9.17, 15) is 18.0 Å². The molecule has 0 aliphatic carbocycles. The Hall–Kier alpha value is -4.25. The second-order valence-electron chi connectivity index (χ2n) is 10.3. The number of carbonyl (C=O) groups is 2. The minimum absolute atomic E-state index is 0.0745. The topological polar surface area (TPSA) is 114 Å². The molecule has 0 unspecified atom stereocenters. The highest BCUT2D eigenvalue weighted by atomic mass is 32.2. The van der Waals surface area contributed by atoms with Gasteiger partial charge in [-0.05, 0) is 61.7 Å². The van der Waals surface area contributed by atoms with Crippen LogP contribution in [0.15, 0.2) is 71.6 Å². The SMILES string of the molecule is CCCCNC(=O)[C@H](CC)N(Cc1ccc(OC)cc1)C(=O)CN(c1ccc(C)cc1)S(=O)(=O)c1ccc(OC)c(OC)c1. The molecule has 0 saturated heterocycles. The maximum Gasteiger partial charge on any atom is 0.264 e. The first kappa shape index (κ1) is 34.2. The number of methoxy groups -OCH3 is 3. The summed E-state index contributed by atoms with van der Waals surface area (Å²) in [5, 5.41) is 2.93. The molecule has 0 fully saturated rings. The van der Waals surface area contributed by atoms with Crippen molar-refractivity contribution in [1.29, 1.82) is 0 Å². The summed E-state index contributed by atoms with van der Waals surface area (Å²) in [6.45, 7) is 5.80. The number of benzene rings is 3. The van der Waals surface area contributed by atoms with Crippen molar-refractivity contribution in [1.82, 2.24) is 10.2 Å². The molecule has 0 aromatic heterocycles.